The Balaban J connectivity index is 2.69. The highest BCUT2D eigenvalue weighted by molar-refractivity contribution is 4.97. The summed E-state index contributed by atoms with van der Waals surface area (Å²) in [6.45, 7) is 18.0. The summed E-state index contributed by atoms with van der Waals surface area (Å²) in [5.41, 5.74) is 0.881. The van der Waals surface area contributed by atoms with E-state index in [0.29, 0.717) is 23.6 Å². The molecular formula is C18H37NO. The number of hydrogen-bond donors (Lipinski definition) is 1. The standard InChI is InChI=1S/C18H37NO/c1-15(13-16(2,3)11-12-20)14-19-17(4,5)9-8-10-18(19,6)7/h15,20H,8-14H2,1-7H3. The Morgan fingerprint density at radius 2 is 1.60 bits per heavy atom. The lowest BCUT2D eigenvalue weighted by Crippen LogP contribution is -2.59. The third-order valence-electron chi connectivity index (χ3n) is 5.22. The monoisotopic (exact) mass is 283 g/mol. The molecule has 120 valence electrons. The third kappa shape index (κ3) is 4.73. The number of aliphatic hydroxyl groups excluding tert-OH is 1. The number of rotatable bonds is 6. The van der Waals surface area contributed by atoms with Gasteiger partial charge in [0.2, 0.25) is 0 Å². The zero-order chi connectivity index (χ0) is 15.6. The summed E-state index contributed by atoms with van der Waals surface area (Å²) < 4.78 is 0. The average Bonchev–Trinajstić information content (AvgIpc) is 2.22. The predicted octanol–water partition coefficient (Wildman–Crippen LogP) is 4.46. The number of hydrogen-bond acceptors (Lipinski definition) is 2. The maximum Gasteiger partial charge on any atom is 0.0436 e. The fourth-order valence-corrected chi connectivity index (χ4v) is 4.26. The summed E-state index contributed by atoms with van der Waals surface area (Å²) >= 11 is 0. The molecule has 0 bridgehead atoms. The van der Waals surface area contributed by atoms with Gasteiger partial charge in [-0.2, -0.15) is 0 Å². The minimum atomic E-state index is 0.248. The van der Waals surface area contributed by atoms with Gasteiger partial charge in [-0.1, -0.05) is 20.8 Å². The van der Waals surface area contributed by atoms with E-state index in [9.17, 15) is 5.11 Å². The molecule has 0 aromatic heterocycles. The lowest BCUT2D eigenvalue weighted by molar-refractivity contribution is -0.0403. The molecule has 2 nitrogen and oxygen atoms in total. The van der Waals surface area contributed by atoms with Gasteiger partial charge in [-0.25, -0.2) is 0 Å². The molecule has 0 aliphatic carbocycles. The normalized spacial score (nSPS) is 24.6. The molecule has 2 heteroatoms. The van der Waals surface area contributed by atoms with Crippen molar-refractivity contribution < 1.29 is 5.11 Å². The molecular weight excluding hydrogens is 246 g/mol. The summed E-state index contributed by atoms with van der Waals surface area (Å²) in [6, 6.07) is 0. The Bertz CT molecular complexity index is 291. The molecule has 0 amide bonds. The van der Waals surface area contributed by atoms with Crippen LogP contribution in [0.3, 0.4) is 0 Å². The maximum absolute atomic E-state index is 9.19. The average molecular weight is 283 g/mol. The first-order valence-electron chi connectivity index (χ1n) is 8.39. The van der Waals surface area contributed by atoms with Gasteiger partial charge in [-0.15, -0.1) is 0 Å². The minimum Gasteiger partial charge on any atom is -0.396 e. The molecule has 1 saturated heterocycles. The number of likely N-dealkylation sites (tertiary alicyclic amines) is 1. The van der Waals surface area contributed by atoms with E-state index in [1.807, 2.05) is 0 Å². The molecule has 1 fully saturated rings. The smallest absolute Gasteiger partial charge is 0.0436 e. The van der Waals surface area contributed by atoms with Gasteiger partial charge in [-0.3, -0.25) is 4.90 Å². The molecule has 0 radical (unpaired) electrons. The Morgan fingerprint density at radius 1 is 1.10 bits per heavy atom. The highest BCUT2D eigenvalue weighted by Crippen LogP contribution is 2.40. The van der Waals surface area contributed by atoms with Gasteiger partial charge in [0.1, 0.15) is 0 Å². The fraction of sp³-hybridized carbons (Fsp3) is 1.00. The predicted molar refractivity (Wildman–Crippen MR) is 88.0 cm³/mol. The highest BCUT2D eigenvalue weighted by atomic mass is 16.3. The van der Waals surface area contributed by atoms with Crippen LogP contribution in [0.1, 0.15) is 80.6 Å². The molecule has 0 saturated carbocycles. The first kappa shape index (κ1) is 18.0. The zero-order valence-electron chi connectivity index (χ0n) is 14.9. The van der Waals surface area contributed by atoms with Crippen molar-refractivity contribution in [1.82, 2.24) is 4.90 Å². The van der Waals surface area contributed by atoms with Crippen LogP contribution >= 0.6 is 0 Å². The van der Waals surface area contributed by atoms with Crippen molar-refractivity contribution in [1.29, 1.82) is 0 Å². The van der Waals surface area contributed by atoms with Crippen LogP contribution in [0.4, 0.5) is 0 Å². The van der Waals surface area contributed by atoms with E-state index in [-0.39, 0.29) is 5.41 Å². The van der Waals surface area contributed by atoms with Gasteiger partial charge in [0.25, 0.3) is 0 Å². The lowest BCUT2D eigenvalue weighted by atomic mass is 9.76. The Hall–Kier alpha value is -0.0800. The van der Waals surface area contributed by atoms with Crippen molar-refractivity contribution in [2.75, 3.05) is 13.2 Å². The topological polar surface area (TPSA) is 23.5 Å². The Kier molecular flexibility index (Phi) is 5.71. The number of nitrogens with zero attached hydrogens (tertiary/aromatic N) is 1. The van der Waals surface area contributed by atoms with E-state index < -0.39 is 0 Å². The lowest BCUT2D eigenvalue weighted by Gasteiger charge is -2.54. The SMILES string of the molecule is CC(CN1C(C)(C)CCCC1(C)C)CC(C)(C)CCO. The third-order valence-corrected chi connectivity index (χ3v) is 5.22. The van der Waals surface area contributed by atoms with Gasteiger partial charge in [0.15, 0.2) is 0 Å². The second-order valence-electron chi connectivity index (χ2n) is 9.04. The number of piperidine rings is 1. The quantitative estimate of drug-likeness (QED) is 0.777. The van der Waals surface area contributed by atoms with Crippen molar-refractivity contribution in [2.24, 2.45) is 11.3 Å². The Labute approximate surface area is 126 Å². The molecule has 1 aliphatic heterocycles. The largest absolute Gasteiger partial charge is 0.396 e. The van der Waals surface area contributed by atoms with Crippen LogP contribution in [0, 0.1) is 11.3 Å². The maximum atomic E-state index is 9.19. The molecule has 1 atom stereocenters. The molecule has 0 spiro atoms. The minimum absolute atomic E-state index is 0.248. The van der Waals surface area contributed by atoms with Crippen molar-refractivity contribution in [3.63, 3.8) is 0 Å². The van der Waals surface area contributed by atoms with Crippen molar-refractivity contribution in [3.8, 4) is 0 Å². The van der Waals surface area contributed by atoms with Crippen molar-refractivity contribution in [2.45, 2.75) is 91.6 Å². The van der Waals surface area contributed by atoms with E-state index >= 15 is 0 Å². The molecule has 1 rings (SSSR count). The van der Waals surface area contributed by atoms with Crippen LogP contribution in [0.25, 0.3) is 0 Å². The van der Waals surface area contributed by atoms with Crippen LogP contribution in [-0.2, 0) is 0 Å². The first-order chi connectivity index (χ1) is 9.00. The molecule has 1 aliphatic rings. The molecule has 20 heavy (non-hydrogen) atoms. The molecule has 1 heterocycles. The van der Waals surface area contributed by atoms with Crippen molar-refractivity contribution >= 4 is 0 Å². The van der Waals surface area contributed by atoms with E-state index in [4.69, 9.17) is 0 Å². The molecule has 1 unspecified atom stereocenters. The number of aliphatic hydroxyl groups is 1. The van der Waals surface area contributed by atoms with Gasteiger partial charge in [-0.05, 0) is 71.1 Å². The van der Waals surface area contributed by atoms with Crippen molar-refractivity contribution in [3.05, 3.63) is 0 Å². The molecule has 0 aromatic carbocycles. The Morgan fingerprint density at radius 3 is 2.05 bits per heavy atom. The summed E-state index contributed by atoms with van der Waals surface area (Å²) in [5.74, 6) is 0.674. The van der Waals surface area contributed by atoms with Gasteiger partial charge < -0.3 is 5.11 Å². The summed E-state index contributed by atoms with van der Waals surface area (Å²) in [7, 11) is 0. The van der Waals surface area contributed by atoms with Gasteiger partial charge in [0.05, 0.1) is 0 Å². The molecule has 0 aromatic rings. The summed E-state index contributed by atoms with van der Waals surface area (Å²) in [4.78, 5) is 2.74. The van der Waals surface area contributed by atoms with E-state index in [1.165, 1.54) is 32.2 Å². The van der Waals surface area contributed by atoms with E-state index in [0.717, 1.165) is 6.42 Å². The zero-order valence-corrected chi connectivity index (χ0v) is 14.9. The second-order valence-corrected chi connectivity index (χ2v) is 9.04. The van der Waals surface area contributed by atoms with Crippen LogP contribution < -0.4 is 0 Å². The van der Waals surface area contributed by atoms with Crippen LogP contribution in [0.5, 0.6) is 0 Å². The summed E-state index contributed by atoms with van der Waals surface area (Å²) in [6.07, 6.45) is 6.06. The van der Waals surface area contributed by atoms with Crippen LogP contribution in [0.15, 0.2) is 0 Å². The highest BCUT2D eigenvalue weighted by Gasteiger charge is 2.41. The second kappa shape index (κ2) is 6.36. The van der Waals surface area contributed by atoms with E-state index in [2.05, 4.69) is 53.4 Å². The van der Waals surface area contributed by atoms with Crippen LogP contribution in [-0.4, -0.2) is 34.2 Å². The first-order valence-corrected chi connectivity index (χ1v) is 8.39. The fourth-order valence-electron chi connectivity index (χ4n) is 4.26. The van der Waals surface area contributed by atoms with Gasteiger partial charge in [0, 0.05) is 24.2 Å². The summed E-state index contributed by atoms with van der Waals surface area (Å²) in [5, 5.41) is 9.19. The van der Waals surface area contributed by atoms with E-state index in [1.54, 1.807) is 0 Å². The molecule has 1 N–H and O–H groups in total. The van der Waals surface area contributed by atoms with Crippen LogP contribution in [0.2, 0.25) is 0 Å². The van der Waals surface area contributed by atoms with Gasteiger partial charge >= 0.3 is 0 Å².